The second-order valence-electron chi connectivity index (χ2n) is 6.31. The van der Waals surface area contributed by atoms with E-state index in [2.05, 4.69) is 9.97 Å². The van der Waals surface area contributed by atoms with E-state index in [0.717, 1.165) is 5.56 Å². The zero-order valence-electron chi connectivity index (χ0n) is 14.5. The van der Waals surface area contributed by atoms with Crippen molar-refractivity contribution in [1.82, 2.24) is 14.9 Å². The summed E-state index contributed by atoms with van der Waals surface area (Å²) in [5.74, 6) is 0.771. The Kier molecular flexibility index (Phi) is 4.93. The van der Waals surface area contributed by atoms with E-state index < -0.39 is 6.10 Å². The van der Waals surface area contributed by atoms with Gasteiger partial charge in [0.1, 0.15) is 11.6 Å². The Balaban J connectivity index is 1.43. The van der Waals surface area contributed by atoms with Gasteiger partial charge in [0, 0.05) is 30.9 Å². The molecule has 0 bridgehead atoms. The first-order valence-electron chi connectivity index (χ1n) is 8.69. The molecular weight excluding hydrogens is 349 g/mol. The van der Waals surface area contributed by atoms with Crippen LogP contribution in [-0.4, -0.2) is 40.5 Å². The summed E-state index contributed by atoms with van der Waals surface area (Å²) in [6, 6.07) is 9.64. The lowest BCUT2D eigenvalue weighted by molar-refractivity contribution is -0.0349. The highest BCUT2D eigenvalue weighted by Crippen LogP contribution is 2.24. The average Bonchev–Trinajstić information content (AvgIpc) is 3.18. The molecule has 3 heterocycles. The van der Waals surface area contributed by atoms with Crippen molar-refractivity contribution >= 4 is 5.91 Å². The van der Waals surface area contributed by atoms with Gasteiger partial charge in [0.05, 0.1) is 19.3 Å². The fraction of sp³-hybridized carbons (Fsp3) is 0.250. The van der Waals surface area contributed by atoms with Crippen LogP contribution < -0.4 is 0 Å². The van der Waals surface area contributed by atoms with Crippen molar-refractivity contribution < 1.29 is 18.3 Å². The Labute approximate surface area is 155 Å². The maximum Gasteiger partial charge on any atom is 0.254 e. The van der Waals surface area contributed by atoms with Gasteiger partial charge in [-0.3, -0.25) is 9.78 Å². The summed E-state index contributed by atoms with van der Waals surface area (Å²) >= 11 is 0. The lowest BCUT2D eigenvalue weighted by atomic mass is 10.1. The molecule has 0 saturated carbocycles. The van der Waals surface area contributed by atoms with Gasteiger partial charge in [0.25, 0.3) is 5.91 Å². The molecule has 1 unspecified atom stereocenters. The van der Waals surface area contributed by atoms with Crippen molar-refractivity contribution in [3.63, 3.8) is 0 Å². The van der Waals surface area contributed by atoms with Crippen molar-refractivity contribution in [2.24, 2.45) is 0 Å². The van der Waals surface area contributed by atoms with Gasteiger partial charge in [-0.25, -0.2) is 9.37 Å². The van der Waals surface area contributed by atoms with Crippen LogP contribution in [0.15, 0.2) is 59.4 Å². The van der Waals surface area contributed by atoms with Crippen molar-refractivity contribution in [2.45, 2.75) is 12.5 Å². The Morgan fingerprint density at radius 2 is 1.96 bits per heavy atom. The number of carbonyl (C=O) groups excluding carboxylic acids is 1. The zero-order valence-corrected chi connectivity index (χ0v) is 14.5. The third kappa shape index (κ3) is 4.03. The summed E-state index contributed by atoms with van der Waals surface area (Å²) in [6.07, 6.45) is 4.94. The van der Waals surface area contributed by atoms with Gasteiger partial charge in [0.15, 0.2) is 6.10 Å². The molecule has 2 aromatic heterocycles. The van der Waals surface area contributed by atoms with Gasteiger partial charge in [-0.15, -0.1) is 0 Å². The molecule has 1 aromatic carbocycles. The van der Waals surface area contributed by atoms with Gasteiger partial charge in [-0.2, -0.15) is 0 Å². The first kappa shape index (κ1) is 17.4. The molecule has 0 spiro atoms. The van der Waals surface area contributed by atoms with Crippen LogP contribution in [0.4, 0.5) is 4.39 Å². The summed E-state index contributed by atoms with van der Waals surface area (Å²) in [7, 11) is 0. The molecule has 0 aliphatic carbocycles. The van der Waals surface area contributed by atoms with E-state index in [9.17, 15) is 9.18 Å². The molecule has 7 heteroatoms. The van der Waals surface area contributed by atoms with E-state index in [1.807, 2.05) is 0 Å². The van der Waals surface area contributed by atoms with Crippen LogP contribution in [0.5, 0.6) is 0 Å². The number of ether oxygens (including phenoxy) is 1. The number of benzene rings is 1. The maximum absolute atomic E-state index is 13.0. The molecule has 6 nitrogen and oxygen atoms in total. The maximum atomic E-state index is 13.0. The molecule has 1 aliphatic rings. The highest BCUT2D eigenvalue weighted by atomic mass is 19.1. The van der Waals surface area contributed by atoms with Crippen molar-refractivity contribution in [3.05, 3.63) is 83.6 Å². The Morgan fingerprint density at radius 3 is 2.74 bits per heavy atom. The summed E-state index contributed by atoms with van der Waals surface area (Å²) in [5.41, 5.74) is 1.52. The fourth-order valence-corrected chi connectivity index (χ4v) is 3.02. The van der Waals surface area contributed by atoms with E-state index in [1.54, 1.807) is 47.8 Å². The lowest BCUT2D eigenvalue weighted by Crippen LogP contribution is -2.42. The third-order valence-electron chi connectivity index (χ3n) is 4.42. The number of rotatable bonds is 4. The molecule has 1 atom stereocenters. The minimum atomic E-state index is -0.411. The molecule has 3 aromatic rings. The zero-order chi connectivity index (χ0) is 18.6. The second-order valence-corrected chi connectivity index (χ2v) is 6.31. The highest BCUT2D eigenvalue weighted by molar-refractivity contribution is 5.94. The van der Waals surface area contributed by atoms with Gasteiger partial charge < -0.3 is 14.1 Å². The monoisotopic (exact) mass is 367 g/mol. The van der Waals surface area contributed by atoms with Crippen LogP contribution in [0.3, 0.4) is 0 Å². The third-order valence-corrected chi connectivity index (χ3v) is 4.42. The van der Waals surface area contributed by atoms with Crippen LogP contribution in [0.1, 0.15) is 33.7 Å². The number of amides is 1. The molecule has 1 fully saturated rings. The van der Waals surface area contributed by atoms with Crippen molar-refractivity contribution in [2.75, 3.05) is 19.7 Å². The molecule has 27 heavy (non-hydrogen) atoms. The summed E-state index contributed by atoms with van der Waals surface area (Å²) in [6.45, 7) is 1.30. The van der Waals surface area contributed by atoms with Gasteiger partial charge in [-0.1, -0.05) is 12.1 Å². The van der Waals surface area contributed by atoms with Crippen molar-refractivity contribution in [3.8, 4) is 0 Å². The number of oxazole rings is 1. The molecule has 1 amide bonds. The number of morpholine rings is 1. The molecule has 1 saturated heterocycles. The van der Waals surface area contributed by atoms with Crippen LogP contribution in [0.25, 0.3) is 0 Å². The molecular formula is C20H18FN3O3. The first-order chi connectivity index (χ1) is 13.2. The number of hydrogen-bond donors (Lipinski definition) is 0. The Hall–Kier alpha value is -3.06. The SMILES string of the molecule is O=C(c1ccncc1)N1CCOC(c2ncc(Cc3ccc(F)cc3)o2)C1. The number of halogens is 1. The molecule has 0 N–H and O–H groups in total. The average molecular weight is 367 g/mol. The molecule has 1 aliphatic heterocycles. The quantitative estimate of drug-likeness (QED) is 0.709. The summed E-state index contributed by atoms with van der Waals surface area (Å²) in [4.78, 5) is 22.6. The van der Waals surface area contributed by atoms with Gasteiger partial charge in [0.2, 0.25) is 5.89 Å². The smallest absolute Gasteiger partial charge is 0.254 e. The number of hydrogen-bond acceptors (Lipinski definition) is 5. The van der Waals surface area contributed by atoms with E-state index in [1.165, 1.54) is 12.1 Å². The van der Waals surface area contributed by atoms with Gasteiger partial charge >= 0.3 is 0 Å². The predicted molar refractivity (Wildman–Crippen MR) is 94.5 cm³/mol. The normalized spacial score (nSPS) is 17.1. The van der Waals surface area contributed by atoms with Crippen LogP contribution in [0, 0.1) is 5.82 Å². The van der Waals surface area contributed by atoms with Crippen LogP contribution in [0.2, 0.25) is 0 Å². The van der Waals surface area contributed by atoms with Crippen LogP contribution >= 0.6 is 0 Å². The minimum Gasteiger partial charge on any atom is -0.442 e. The highest BCUT2D eigenvalue weighted by Gasteiger charge is 2.29. The topological polar surface area (TPSA) is 68.5 Å². The molecule has 0 radical (unpaired) electrons. The van der Waals surface area contributed by atoms with E-state index >= 15 is 0 Å². The summed E-state index contributed by atoms with van der Waals surface area (Å²) in [5, 5.41) is 0. The summed E-state index contributed by atoms with van der Waals surface area (Å²) < 4.78 is 24.6. The Bertz CT molecular complexity index is 912. The lowest BCUT2D eigenvalue weighted by Gasteiger charge is -2.31. The fourth-order valence-electron chi connectivity index (χ4n) is 3.02. The molecule has 4 rings (SSSR count). The first-order valence-corrected chi connectivity index (χ1v) is 8.69. The second kappa shape index (κ2) is 7.67. The predicted octanol–water partition coefficient (Wildman–Crippen LogP) is 3.01. The number of aromatic nitrogens is 2. The number of carbonyl (C=O) groups is 1. The number of pyridine rings is 1. The van der Waals surface area contributed by atoms with Gasteiger partial charge in [-0.05, 0) is 29.8 Å². The van der Waals surface area contributed by atoms with E-state index in [0.29, 0.717) is 43.3 Å². The van der Waals surface area contributed by atoms with E-state index in [-0.39, 0.29) is 11.7 Å². The number of nitrogens with zero attached hydrogens (tertiary/aromatic N) is 3. The standard InChI is InChI=1S/C20H18FN3O3/c21-16-3-1-14(2-4-16)11-17-12-23-19(27-17)18-13-24(9-10-26-18)20(25)15-5-7-22-8-6-15/h1-8,12,18H,9-11,13H2. The Morgan fingerprint density at radius 1 is 1.19 bits per heavy atom. The van der Waals surface area contributed by atoms with E-state index in [4.69, 9.17) is 9.15 Å². The minimum absolute atomic E-state index is 0.0659. The molecule has 138 valence electrons. The van der Waals surface area contributed by atoms with Crippen LogP contribution in [-0.2, 0) is 11.2 Å². The van der Waals surface area contributed by atoms with Crippen molar-refractivity contribution in [1.29, 1.82) is 0 Å². The largest absolute Gasteiger partial charge is 0.442 e.